The fraction of sp³-hybridized carbons (Fsp3) is 0.273. The Balaban J connectivity index is 2.61. The van der Waals surface area contributed by atoms with Crippen LogP contribution in [-0.4, -0.2) is 11.8 Å². The van der Waals surface area contributed by atoms with Crippen molar-refractivity contribution in [1.82, 2.24) is 0 Å². The fourth-order valence-electron chi connectivity index (χ4n) is 1.85. The maximum absolute atomic E-state index is 11.8. The number of benzene rings is 1. The van der Waals surface area contributed by atoms with Gasteiger partial charge in [0, 0.05) is 11.4 Å². The molecular formula is C11H10BrNO2. The van der Waals surface area contributed by atoms with E-state index in [-0.39, 0.29) is 17.7 Å². The Morgan fingerprint density at radius 2 is 2.13 bits per heavy atom. The highest BCUT2D eigenvalue weighted by molar-refractivity contribution is 9.10. The number of carbonyl (C=O) groups is 2. The SMILES string of the molecule is CC(=O)N1C(=O)[C@H](C)c2ccc(Br)cc21. The van der Waals surface area contributed by atoms with Crippen LogP contribution in [0.5, 0.6) is 0 Å². The van der Waals surface area contributed by atoms with Crippen molar-refractivity contribution in [2.45, 2.75) is 19.8 Å². The summed E-state index contributed by atoms with van der Waals surface area (Å²) in [5.74, 6) is -0.601. The van der Waals surface area contributed by atoms with Crippen molar-refractivity contribution in [2.24, 2.45) is 0 Å². The van der Waals surface area contributed by atoms with Crippen LogP contribution in [0.15, 0.2) is 22.7 Å². The van der Waals surface area contributed by atoms with Crippen LogP contribution in [0.2, 0.25) is 0 Å². The molecular weight excluding hydrogens is 258 g/mol. The van der Waals surface area contributed by atoms with E-state index in [1.807, 2.05) is 19.1 Å². The first-order valence-electron chi connectivity index (χ1n) is 4.66. The normalized spacial score (nSPS) is 19.3. The summed E-state index contributed by atoms with van der Waals surface area (Å²) in [6.07, 6.45) is 0. The molecule has 2 rings (SSSR count). The van der Waals surface area contributed by atoms with Crippen LogP contribution in [0.4, 0.5) is 5.69 Å². The Bertz CT molecular complexity index is 456. The number of rotatable bonds is 0. The molecule has 0 saturated heterocycles. The van der Waals surface area contributed by atoms with E-state index in [1.54, 1.807) is 6.07 Å². The Labute approximate surface area is 96.2 Å². The average Bonchev–Trinajstić information content (AvgIpc) is 2.39. The molecule has 1 aliphatic rings. The molecule has 0 unspecified atom stereocenters. The van der Waals surface area contributed by atoms with Gasteiger partial charge in [-0.2, -0.15) is 0 Å². The van der Waals surface area contributed by atoms with Gasteiger partial charge in [-0.15, -0.1) is 0 Å². The van der Waals surface area contributed by atoms with Crippen molar-refractivity contribution < 1.29 is 9.59 Å². The molecule has 1 atom stereocenters. The molecule has 0 aromatic heterocycles. The van der Waals surface area contributed by atoms with E-state index in [4.69, 9.17) is 0 Å². The largest absolute Gasteiger partial charge is 0.274 e. The molecule has 78 valence electrons. The van der Waals surface area contributed by atoms with E-state index >= 15 is 0 Å². The number of imide groups is 1. The Hall–Kier alpha value is -1.16. The van der Waals surface area contributed by atoms with Gasteiger partial charge in [0.2, 0.25) is 11.8 Å². The lowest BCUT2D eigenvalue weighted by atomic mass is 10.0. The summed E-state index contributed by atoms with van der Waals surface area (Å²) in [5.41, 5.74) is 1.62. The molecule has 0 saturated carbocycles. The first kappa shape index (κ1) is 10.4. The zero-order valence-corrected chi connectivity index (χ0v) is 10.0. The van der Waals surface area contributed by atoms with Crippen molar-refractivity contribution in [3.05, 3.63) is 28.2 Å². The lowest BCUT2D eigenvalue weighted by Gasteiger charge is -2.12. The summed E-state index contributed by atoms with van der Waals surface area (Å²) in [7, 11) is 0. The highest BCUT2D eigenvalue weighted by Gasteiger charge is 2.36. The number of carbonyl (C=O) groups excluding carboxylic acids is 2. The Kier molecular flexibility index (Phi) is 2.38. The highest BCUT2D eigenvalue weighted by atomic mass is 79.9. The molecule has 2 amide bonds. The molecule has 1 aromatic rings. The van der Waals surface area contributed by atoms with E-state index in [0.717, 1.165) is 10.0 Å². The van der Waals surface area contributed by atoms with E-state index in [1.165, 1.54) is 11.8 Å². The van der Waals surface area contributed by atoms with Gasteiger partial charge < -0.3 is 0 Å². The molecule has 0 fully saturated rings. The second-order valence-electron chi connectivity index (χ2n) is 3.62. The topological polar surface area (TPSA) is 37.4 Å². The van der Waals surface area contributed by atoms with Crippen LogP contribution in [0, 0.1) is 0 Å². The molecule has 1 aromatic carbocycles. The second-order valence-corrected chi connectivity index (χ2v) is 4.53. The number of fused-ring (bicyclic) bond motifs is 1. The predicted octanol–water partition coefficient (Wildman–Crippen LogP) is 2.45. The molecule has 3 nitrogen and oxygen atoms in total. The van der Waals surface area contributed by atoms with Gasteiger partial charge in [0.15, 0.2) is 0 Å². The summed E-state index contributed by atoms with van der Waals surface area (Å²) in [6, 6.07) is 5.56. The third-order valence-corrected chi connectivity index (χ3v) is 3.10. The molecule has 0 radical (unpaired) electrons. The predicted molar refractivity (Wildman–Crippen MR) is 60.7 cm³/mol. The quantitative estimate of drug-likeness (QED) is 0.724. The summed E-state index contributed by atoms with van der Waals surface area (Å²) >= 11 is 3.33. The van der Waals surface area contributed by atoms with Gasteiger partial charge in [0.1, 0.15) is 0 Å². The monoisotopic (exact) mass is 267 g/mol. The van der Waals surface area contributed by atoms with E-state index in [0.29, 0.717) is 5.69 Å². The van der Waals surface area contributed by atoms with Gasteiger partial charge in [-0.3, -0.25) is 9.59 Å². The average molecular weight is 268 g/mol. The molecule has 0 N–H and O–H groups in total. The third-order valence-electron chi connectivity index (χ3n) is 2.61. The Morgan fingerprint density at radius 1 is 1.47 bits per heavy atom. The van der Waals surface area contributed by atoms with Crippen LogP contribution in [-0.2, 0) is 9.59 Å². The van der Waals surface area contributed by atoms with Crippen LogP contribution in [0.1, 0.15) is 25.3 Å². The minimum Gasteiger partial charge on any atom is -0.274 e. The number of amides is 2. The summed E-state index contributed by atoms with van der Waals surface area (Å²) in [4.78, 5) is 24.4. The van der Waals surface area contributed by atoms with Crippen LogP contribution >= 0.6 is 15.9 Å². The highest BCUT2D eigenvalue weighted by Crippen LogP contribution is 2.38. The minimum atomic E-state index is -0.233. The van der Waals surface area contributed by atoms with Crippen molar-refractivity contribution in [1.29, 1.82) is 0 Å². The smallest absolute Gasteiger partial charge is 0.241 e. The zero-order valence-electron chi connectivity index (χ0n) is 8.45. The van der Waals surface area contributed by atoms with Gasteiger partial charge in [-0.05, 0) is 24.6 Å². The molecule has 15 heavy (non-hydrogen) atoms. The van der Waals surface area contributed by atoms with Crippen LogP contribution < -0.4 is 4.90 Å². The zero-order chi connectivity index (χ0) is 11.2. The lowest BCUT2D eigenvalue weighted by molar-refractivity contribution is -0.125. The number of anilines is 1. The van der Waals surface area contributed by atoms with Crippen LogP contribution in [0.3, 0.4) is 0 Å². The molecule has 0 aliphatic carbocycles. The summed E-state index contributed by atoms with van der Waals surface area (Å²) in [5, 5.41) is 0. The Morgan fingerprint density at radius 3 is 2.73 bits per heavy atom. The summed E-state index contributed by atoms with van der Waals surface area (Å²) < 4.78 is 0.870. The maximum Gasteiger partial charge on any atom is 0.241 e. The first-order chi connectivity index (χ1) is 7.02. The first-order valence-corrected chi connectivity index (χ1v) is 5.45. The van der Waals surface area contributed by atoms with Crippen molar-refractivity contribution in [2.75, 3.05) is 4.90 Å². The van der Waals surface area contributed by atoms with E-state index in [2.05, 4.69) is 15.9 Å². The van der Waals surface area contributed by atoms with Gasteiger partial charge in [-0.1, -0.05) is 22.0 Å². The standard InChI is InChI=1S/C11H10BrNO2/c1-6-9-4-3-8(12)5-10(9)13(7(2)14)11(6)15/h3-6H,1-2H3/t6-/m1/s1. The van der Waals surface area contributed by atoms with Gasteiger partial charge in [0.25, 0.3) is 0 Å². The van der Waals surface area contributed by atoms with Crippen molar-refractivity contribution in [3.63, 3.8) is 0 Å². The van der Waals surface area contributed by atoms with Crippen LogP contribution in [0.25, 0.3) is 0 Å². The van der Waals surface area contributed by atoms with Gasteiger partial charge in [0.05, 0.1) is 11.6 Å². The van der Waals surface area contributed by atoms with Crippen molar-refractivity contribution >= 4 is 33.4 Å². The molecule has 0 spiro atoms. The molecule has 1 aliphatic heterocycles. The molecule has 0 bridgehead atoms. The van der Waals surface area contributed by atoms with E-state index < -0.39 is 0 Å². The summed E-state index contributed by atoms with van der Waals surface area (Å²) in [6.45, 7) is 3.22. The third kappa shape index (κ3) is 1.49. The lowest BCUT2D eigenvalue weighted by Crippen LogP contribution is -2.32. The number of hydrogen-bond acceptors (Lipinski definition) is 2. The number of hydrogen-bond donors (Lipinski definition) is 0. The van der Waals surface area contributed by atoms with Crippen molar-refractivity contribution in [3.8, 4) is 0 Å². The molecule has 1 heterocycles. The fourth-order valence-corrected chi connectivity index (χ4v) is 2.20. The number of nitrogens with zero attached hydrogens (tertiary/aromatic N) is 1. The molecule has 4 heteroatoms. The van der Waals surface area contributed by atoms with Gasteiger partial charge >= 0.3 is 0 Å². The van der Waals surface area contributed by atoms with E-state index in [9.17, 15) is 9.59 Å². The number of halogens is 1. The second kappa shape index (κ2) is 3.45. The minimum absolute atomic E-state index is 0.143. The maximum atomic E-state index is 11.8. The van der Waals surface area contributed by atoms with Gasteiger partial charge in [-0.25, -0.2) is 4.90 Å².